The van der Waals surface area contributed by atoms with Crippen molar-refractivity contribution in [1.82, 2.24) is 4.90 Å². The Bertz CT molecular complexity index is 240. The van der Waals surface area contributed by atoms with Gasteiger partial charge in [0.1, 0.15) is 5.60 Å². The van der Waals surface area contributed by atoms with Gasteiger partial charge in [0.25, 0.3) is 0 Å². The first-order valence-electron chi connectivity index (χ1n) is 6.01. The van der Waals surface area contributed by atoms with Crippen molar-refractivity contribution in [1.29, 1.82) is 0 Å². The van der Waals surface area contributed by atoms with Crippen LogP contribution in [0.3, 0.4) is 0 Å². The summed E-state index contributed by atoms with van der Waals surface area (Å²) in [4.78, 5) is 13.4. The molecule has 2 N–H and O–H groups in total. The van der Waals surface area contributed by atoms with E-state index in [1.54, 1.807) is 4.90 Å². The van der Waals surface area contributed by atoms with Crippen LogP contribution in [0.25, 0.3) is 0 Å². The van der Waals surface area contributed by atoms with E-state index in [0.29, 0.717) is 5.92 Å². The topological polar surface area (TPSA) is 55.6 Å². The van der Waals surface area contributed by atoms with Crippen molar-refractivity contribution in [3.05, 3.63) is 0 Å². The summed E-state index contributed by atoms with van der Waals surface area (Å²) in [7, 11) is 0. The highest BCUT2D eigenvalue weighted by atomic mass is 16.6. The average Bonchev–Trinajstić information content (AvgIpc) is 1.96. The van der Waals surface area contributed by atoms with Crippen molar-refractivity contribution >= 4 is 6.09 Å². The summed E-state index contributed by atoms with van der Waals surface area (Å²) < 4.78 is 5.28. The van der Waals surface area contributed by atoms with Crippen LogP contribution >= 0.6 is 0 Å². The number of carbonyl (C=O) groups excluding carboxylic acids is 1. The minimum absolute atomic E-state index is 0.190. The van der Waals surface area contributed by atoms with Gasteiger partial charge in [-0.05, 0) is 46.5 Å². The number of ether oxygens (including phenoxy) is 1. The van der Waals surface area contributed by atoms with Gasteiger partial charge < -0.3 is 15.4 Å². The molecule has 0 spiro atoms. The number of nitrogens with zero attached hydrogens (tertiary/aromatic N) is 1. The van der Waals surface area contributed by atoms with E-state index in [1.807, 2.05) is 27.7 Å². The maximum absolute atomic E-state index is 11.6. The van der Waals surface area contributed by atoms with Gasteiger partial charge in [0.2, 0.25) is 0 Å². The Morgan fingerprint density at radius 1 is 1.50 bits per heavy atom. The highest BCUT2D eigenvalue weighted by Gasteiger charge is 2.33. The van der Waals surface area contributed by atoms with Crippen LogP contribution in [0, 0.1) is 5.92 Å². The van der Waals surface area contributed by atoms with Gasteiger partial charge in [-0.15, -0.1) is 0 Å². The third-order valence-corrected chi connectivity index (χ3v) is 2.64. The molecule has 0 radical (unpaired) electrons. The molecule has 94 valence electrons. The van der Waals surface area contributed by atoms with E-state index in [1.165, 1.54) is 0 Å². The summed E-state index contributed by atoms with van der Waals surface area (Å²) in [6.07, 6.45) is 1.95. The smallest absolute Gasteiger partial charge is 0.410 e. The zero-order chi connectivity index (χ0) is 12.3. The van der Waals surface area contributed by atoms with E-state index >= 15 is 0 Å². The molecule has 1 aliphatic heterocycles. The fourth-order valence-corrected chi connectivity index (χ4v) is 1.73. The first kappa shape index (κ1) is 13.3. The molecule has 0 saturated carbocycles. The number of likely N-dealkylation sites (tertiary alicyclic amines) is 1. The number of amides is 1. The molecule has 1 aliphatic rings. The van der Waals surface area contributed by atoms with E-state index in [-0.39, 0.29) is 12.1 Å². The summed E-state index contributed by atoms with van der Waals surface area (Å²) in [6, 6.07) is 0.260. The number of carbonyl (C=O) groups is 1. The zero-order valence-electron chi connectivity index (χ0n) is 10.8. The summed E-state index contributed by atoms with van der Waals surface area (Å²) in [5.74, 6) is 0.610. The Hall–Kier alpha value is -0.770. The van der Waals surface area contributed by atoms with Gasteiger partial charge >= 0.3 is 6.09 Å². The lowest BCUT2D eigenvalue weighted by atomic mass is 9.93. The first-order chi connectivity index (χ1) is 7.28. The van der Waals surface area contributed by atoms with Crippen LogP contribution in [0.4, 0.5) is 4.79 Å². The number of rotatable bonds is 3. The molecule has 1 atom stereocenters. The van der Waals surface area contributed by atoms with Crippen LogP contribution in [0.15, 0.2) is 0 Å². The van der Waals surface area contributed by atoms with Crippen LogP contribution in [-0.4, -0.2) is 35.7 Å². The van der Waals surface area contributed by atoms with Gasteiger partial charge in [-0.2, -0.15) is 0 Å². The molecule has 1 amide bonds. The molecule has 0 bridgehead atoms. The number of hydrogen-bond donors (Lipinski definition) is 1. The van der Waals surface area contributed by atoms with Crippen LogP contribution in [-0.2, 0) is 4.74 Å². The molecule has 0 unspecified atom stereocenters. The van der Waals surface area contributed by atoms with E-state index in [0.717, 1.165) is 25.9 Å². The molecule has 4 heteroatoms. The lowest BCUT2D eigenvalue weighted by Gasteiger charge is -2.40. The van der Waals surface area contributed by atoms with Crippen molar-refractivity contribution < 1.29 is 9.53 Å². The second kappa shape index (κ2) is 5.04. The van der Waals surface area contributed by atoms with Gasteiger partial charge in [0.15, 0.2) is 0 Å². The highest BCUT2D eigenvalue weighted by molar-refractivity contribution is 5.69. The van der Waals surface area contributed by atoms with E-state index in [4.69, 9.17) is 10.5 Å². The van der Waals surface area contributed by atoms with Gasteiger partial charge in [-0.25, -0.2) is 4.79 Å². The van der Waals surface area contributed by atoms with Crippen LogP contribution < -0.4 is 5.73 Å². The number of hydrogen-bond acceptors (Lipinski definition) is 3. The van der Waals surface area contributed by atoms with Crippen molar-refractivity contribution in [2.75, 3.05) is 13.1 Å². The van der Waals surface area contributed by atoms with Gasteiger partial charge in [-0.3, -0.25) is 0 Å². The van der Waals surface area contributed by atoms with E-state index < -0.39 is 5.60 Å². The molecule has 1 saturated heterocycles. The SMILES string of the molecule is C[C@@H](N)CCC1CN(C(=O)OC(C)(C)C)C1. The van der Waals surface area contributed by atoms with Crippen molar-refractivity contribution in [2.45, 2.75) is 52.2 Å². The lowest BCUT2D eigenvalue weighted by molar-refractivity contribution is -0.00248. The molecule has 1 rings (SSSR count). The maximum Gasteiger partial charge on any atom is 0.410 e. The molecule has 0 aromatic carbocycles. The number of nitrogens with two attached hydrogens (primary N) is 1. The summed E-state index contributed by atoms with van der Waals surface area (Å²) in [5.41, 5.74) is 5.30. The van der Waals surface area contributed by atoms with Gasteiger partial charge in [-0.1, -0.05) is 0 Å². The Kier molecular flexibility index (Phi) is 4.19. The Morgan fingerprint density at radius 2 is 2.06 bits per heavy atom. The average molecular weight is 228 g/mol. The van der Waals surface area contributed by atoms with Gasteiger partial charge in [0, 0.05) is 19.1 Å². The van der Waals surface area contributed by atoms with Crippen LogP contribution in [0.2, 0.25) is 0 Å². The minimum Gasteiger partial charge on any atom is -0.444 e. The second-order valence-corrected chi connectivity index (χ2v) is 5.81. The normalized spacial score (nSPS) is 19.2. The largest absolute Gasteiger partial charge is 0.444 e. The second-order valence-electron chi connectivity index (χ2n) is 5.81. The highest BCUT2D eigenvalue weighted by Crippen LogP contribution is 2.23. The maximum atomic E-state index is 11.6. The Morgan fingerprint density at radius 3 is 2.50 bits per heavy atom. The third kappa shape index (κ3) is 4.39. The third-order valence-electron chi connectivity index (χ3n) is 2.64. The predicted octanol–water partition coefficient (Wildman–Crippen LogP) is 1.98. The van der Waals surface area contributed by atoms with E-state index in [2.05, 4.69) is 0 Å². The molecule has 16 heavy (non-hydrogen) atoms. The molecule has 1 heterocycles. The predicted molar refractivity (Wildman–Crippen MR) is 64.2 cm³/mol. The molecular formula is C12H24N2O2. The molecule has 1 fully saturated rings. The van der Waals surface area contributed by atoms with Crippen molar-refractivity contribution in [2.24, 2.45) is 11.7 Å². The Balaban J connectivity index is 2.18. The quantitative estimate of drug-likeness (QED) is 0.803. The Labute approximate surface area is 98.1 Å². The first-order valence-corrected chi connectivity index (χ1v) is 6.01. The van der Waals surface area contributed by atoms with Crippen molar-refractivity contribution in [3.8, 4) is 0 Å². The van der Waals surface area contributed by atoms with E-state index in [9.17, 15) is 4.79 Å². The minimum atomic E-state index is -0.395. The van der Waals surface area contributed by atoms with Gasteiger partial charge in [0.05, 0.1) is 0 Å². The summed E-state index contributed by atoms with van der Waals surface area (Å²) in [6.45, 7) is 9.32. The fraction of sp³-hybridized carbons (Fsp3) is 0.917. The molecule has 0 aromatic rings. The molecule has 0 aromatic heterocycles. The van der Waals surface area contributed by atoms with Crippen LogP contribution in [0.5, 0.6) is 0 Å². The lowest BCUT2D eigenvalue weighted by Crippen LogP contribution is -2.51. The molecule has 4 nitrogen and oxygen atoms in total. The van der Waals surface area contributed by atoms with Crippen LogP contribution in [0.1, 0.15) is 40.5 Å². The molecule has 0 aliphatic carbocycles. The monoisotopic (exact) mass is 228 g/mol. The van der Waals surface area contributed by atoms with Crippen molar-refractivity contribution in [3.63, 3.8) is 0 Å². The summed E-state index contributed by atoms with van der Waals surface area (Å²) >= 11 is 0. The summed E-state index contributed by atoms with van der Waals surface area (Å²) in [5, 5.41) is 0. The standard InChI is InChI=1S/C12H24N2O2/c1-9(13)5-6-10-7-14(8-10)11(15)16-12(2,3)4/h9-10H,5-8,13H2,1-4H3/t9-/m1/s1. The molecular weight excluding hydrogens is 204 g/mol. The zero-order valence-corrected chi connectivity index (χ0v) is 10.8. The fourth-order valence-electron chi connectivity index (χ4n) is 1.73.